The number of aromatic nitrogens is 3. The lowest BCUT2D eigenvalue weighted by molar-refractivity contribution is 0.0695. The maximum atomic E-state index is 12.6. The number of furan rings is 1. The number of aryl methyl sites for hydroxylation is 2. The molecular formula is C19H21N5O4. The summed E-state index contributed by atoms with van der Waals surface area (Å²) in [6.07, 6.45) is 5.04. The van der Waals surface area contributed by atoms with Gasteiger partial charge >= 0.3 is 5.97 Å². The van der Waals surface area contributed by atoms with Crippen LogP contribution in [0.5, 0.6) is 0 Å². The Bertz CT molecular complexity index is 1040. The van der Waals surface area contributed by atoms with Gasteiger partial charge in [-0.1, -0.05) is 0 Å². The molecule has 1 fully saturated rings. The van der Waals surface area contributed by atoms with Crippen molar-refractivity contribution in [2.45, 2.75) is 13.3 Å². The normalized spacial score (nSPS) is 15.1. The Kier molecular flexibility index (Phi) is 4.50. The Morgan fingerprint density at radius 2 is 2.04 bits per heavy atom. The summed E-state index contributed by atoms with van der Waals surface area (Å²) in [5, 5.41) is 14.9. The van der Waals surface area contributed by atoms with E-state index in [-0.39, 0.29) is 11.5 Å². The molecule has 3 aromatic rings. The quantitative estimate of drug-likeness (QED) is 0.737. The van der Waals surface area contributed by atoms with E-state index in [1.54, 1.807) is 22.7 Å². The van der Waals surface area contributed by atoms with Gasteiger partial charge in [-0.15, -0.1) is 0 Å². The van der Waals surface area contributed by atoms with Gasteiger partial charge < -0.3 is 19.3 Å². The molecule has 0 saturated carbocycles. The fourth-order valence-corrected chi connectivity index (χ4v) is 3.79. The number of carbonyl (C=O) groups excluding carboxylic acids is 1. The number of carboxylic acids is 1. The lowest BCUT2D eigenvalue weighted by Gasteiger charge is -2.25. The molecule has 1 saturated heterocycles. The number of anilines is 1. The van der Waals surface area contributed by atoms with E-state index in [2.05, 4.69) is 10.1 Å². The van der Waals surface area contributed by atoms with Crippen molar-refractivity contribution in [3.05, 3.63) is 41.6 Å². The summed E-state index contributed by atoms with van der Waals surface area (Å²) >= 11 is 0. The highest BCUT2D eigenvalue weighted by molar-refractivity contribution is 6.05. The first-order valence-electron chi connectivity index (χ1n) is 9.09. The highest BCUT2D eigenvalue weighted by Crippen LogP contribution is 2.32. The Morgan fingerprint density at radius 1 is 1.21 bits per heavy atom. The van der Waals surface area contributed by atoms with Crippen LogP contribution in [0, 0.1) is 6.92 Å². The number of nitrogens with zero attached hydrogens (tertiary/aromatic N) is 5. The number of aromatic carboxylic acids is 1. The zero-order valence-electron chi connectivity index (χ0n) is 15.8. The molecule has 1 amide bonds. The Balaban J connectivity index is 1.69. The summed E-state index contributed by atoms with van der Waals surface area (Å²) in [6, 6.07) is 1.65. The van der Waals surface area contributed by atoms with E-state index < -0.39 is 5.97 Å². The molecule has 0 unspecified atom stereocenters. The van der Waals surface area contributed by atoms with Crippen molar-refractivity contribution in [1.29, 1.82) is 0 Å². The van der Waals surface area contributed by atoms with E-state index in [0.29, 0.717) is 43.1 Å². The number of hydrogen-bond donors (Lipinski definition) is 1. The molecule has 0 spiro atoms. The van der Waals surface area contributed by atoms with Crippen molar-refractivity contribution in [3.63, 3.8) is 0 Å². The highest BCUT2D eigenvalue weighted by Gasteiger charge is 2.27. The number of rotatable bonds is 3. The fraction of sp³-hybridized carbons (Fsp3) is 0.368. The summed E-state index contributed by atoms with van der Waals surface area (Å²) in [6.45, 7) is 4.11. The van der Waals surface area contributed by atoms with E-state index in [1.807, 2.05) is 11.8 Å². The third-order valence-electron chi connectivity index (χ3n) is 5.10. The average molecular weight is 383 g/mol. The summed E-state index contributed by atoms with van der Waals surface area (Å²) in [5.41, 5.74) is 2.68. The van der Waals surface area contributed by atoms with E-state index in [0.717, 1.165) is 17.5 Å². The molecule has 4 heterocycles. The van der Waals surface area contributed by atoms with Crippen LogP contribution in [0.3, 0.4) is 0 Å². The minimum Gasteiger partial charge on any atom is -0.478 e. The molecule has 0 radical (unpaired) electrons. The van der Waals surface area contributed by atoms with Crippen molar-refractivity contribution in [1.82, 2.24) is 19.7 Å². The summed E-state index contributed by atoms with van der Waals surface area (Å²) < 4.78 is 6.67. The Labute approximate surface area is 161 Å². The van der Waals surface area contributed by atoms with Crippen LogP contribution in [-0.2, 0) is 7.05 Å². The molecule has 0 bridgehead atoms. The molecule has 9 nitrogen and oxygen atoms in total. The largest absolute Gasteiger partial charge is 0.478 e. The fourth-order valence-electron chi connectivity index (χ4n) is 3.79. The smallest absolute Gasteiger partial charge is 0.339 e. The van der Waals surface area contributed by atoms with Crippen molar-refractivity contribution >= 4 is 28.6 Å². The van der Waals surface area contributed by atoms with Crippen LogP contribution in [-0.4, -0.2) is 62.8 Å². The molecular weight excluding hydrogens is 362 g/mol. The van der Waals surface area contributed by atoms with Crippen LogP contribution in [0.2, 0.25) is 0 Å². The predicted octanol–water partition coefficient (Wildman–Crippen LogP) is 1.92. The first kappa shape index (κ1) is 18.0. The Hall–Kier alpha value is -3.36. The average Bonchev–Trinajstić information content (AvgIpc) is 3.22. The van der Waals surface area contributed by atoms with Crippen molar-refractivity contribution in [3.8, 4) is 0 Å². The van der Waals surface area contributed by atoms with Crippen LogP contribution < -0.4 is 4.90 Å². The van der Waals surface area contributed by atoms with Crippen molar-refractivity contribution in [2.75, 3.05) is 31.1 Å². The molecule has 0 aromatic carbocycles. The van der Waals surface area contributed by atoms with Gasteiger partial charge in [-0.3, -0.25) is 9.48 Å². The molecule has 1 N–H and O–H groups in total. The molecule has 0 aliphatic carbocycles. The molecule has 4 rings (SSSR count). The second-order valence-corrected chi connectivity index (χ2v) is 6.88. The summed E-state index contributed by atoms with van der Waals surface area (Å²) in [5.74, 6) is -1.10. The second kappa shape index (κ2) is 6.99. The lowest BCUT2D eigenvalue weighted by atomic mass is 10.1. The monoisotopic (exact) mass is 383 g/mol. The third kappa shape index (κ3) is 2.98. The van der Waals surface area contributed by atoms with Crippen LogP contribution in [0.4, 0.5) is 5.69 Å². The predicted molar refractivity (Wildman–Crippen MR) is 102 cm³/mol. The maximum absolute atomic E-state index is 12.6. The molecule has 9 heteroatoms. The number of carboxylic acid groups (broad SMARTS) is 1. The van der Waals surface area contributed by atoms with Gasteiger partial charge in [-0.05, 0) is 19.4 Å². The van der Waals surface area contributed by atoms with Crippen LogP contribution >= 0.6 is 0 Å². The third-order valence-corrected chi connectivity index (χ3v) is 5.10. The molecule has 1 aliphatic rings. The second-order valence-electron chi connectivity index (χ2n) is 6.88. The van der Waals surface area contributed by atoms with Gasteiger partial charge in [-0.25, -0.2) is 9.78 Å². The van der Waals surface area contributed by atoms with E-state index >= 15 is 0 Å². The first-order chi connectivity index (χ1) is 13.5. The van der Waals surface area contributed by atoms with E-state index in [9.17, 15) is 14.7 Å². The highest BCUT2D eigenvalue weighted by atomic mass is 16.4. The standard InChI is InChI=1S/C19H21N5O4/c1-12-15-16(14(19(26)27)10-20-17(15)22(2)21-12)23-5-3-6-24(8-7-23)18(25)13-4-9-28-11-13/h4,9-11H,3,5-8H2,1-2H3,(H,26,27). The SMILES string of the molecule is Cc1nn(C)c2ncc(C(=O)O)c(N3CCCN(C(=O)c4ccoc4)CC3)c12. The van der Waals surface area contributed by atoms with Gasteiger partial charge in [0.25, 0.3) is 5.91 Å². The van der Waals surface area contributed by atoms with Gasteiger partial charge in [0.05, 0.1) is 28.6 Å². The van der Waals surface area contributed by atoms with Gasteiger partial charge in [0.1, 0.15) is 11.8 Å². The maximum Gasteiger partial charge on any atom is 0.339 e. The van der Waals surface area contributed by atoms with Crippen molar-refractivity contribution in [2.24, 2.45) is 7.05 Å². The Morgan fingerprint density at radius 3 is 2.75 bits per heavy atom. The number of carbonyl (C=O) groups is 2. The topological polar surface area (TPSA) is 105 Å². The zero-order valence-corrected chi connectivity index (χ0v) is 15.8. The first-order valence-corrected chi connectivity index (χ1v) is 9.09. The minimum atomic E-state index is -1.02. The van der Waals surface area contributed by atoms with Crippen LogP contribution in [0.15, 0.2) is 29.2 Å². The number of pyridine rings is 1. The minimum absolute atomic E-state index is 0.0773. The number of amides is 1. The molecule has 3 aromatic heterocycles. The molecule has 0 atom stereocenters. The van der Waals surface area contributed by atoms with Crippen molar-refractivity contribution < 1.29 is 19.1 Å². The zero-order chi connectivity index (χ0) is 19.8. The summed E-state index contributed by atoms with van der Waals surface area (Å²) in [7, 11) is 1.79. The van der Waals surface area contributed by atoms with Crippen LogP contribution in [0.25, 0.3) is 11.0 Å². The lowest BCUT2D eigenvalue weighted by Crippen LogP contribution is -2.35. The van der Waals surface area contributed by atoms with Gasteiger partial charge in [0, 0.05) is 39.4 Å². The number of fused-ring (bicyclic) bond motifs is 1. The van der Waals surface area contributed by atoms with E-state index in [1.165, 1.54) is 18.7 Å². The molecule has 146 valence electrons. The van der Waals surface area contributed by atoms with Gasteiger partial charge in [-0.2, -0.15) is 5.10 Å². The summed E-state index contributed by atoms with van der Waals surface area (Å²) in [4.78, 5) is 32.6. The van der Waals surface area contributed by atoms with Crippen LogP contribution in [0.1, 0.15) is 32.8 Å². The number of hydrogen-bond acceptors (Lipinski definition) is 6. The molecule has 1 aliphatic heterocycles. The van der Waals surface area contributed by atoms with Gasteiger partial charge in [0.2, 0.25) is 0 Å². The van der Waals surface area contributed by atoms with E-state index in [4.69, 9.17) is 4.42 Å². The molecule has 28 heavy (non-hydrogen) atoms. The van der Waals surface area contributed by atoms with Gasteiger partial charge in [0.15, 0.2) is 5.65 Å².